The van der Waals surface area contributed by atoms with Crippen LogP contribution in [0.25, 0.3) is 0 Å². The van der Waals surface area contributed by atoms with Gasteiger partial charge in [-0.3, -0.25) is 4.98 Å². The van der Waals surface area contributed by atoms with Crippen molar-refractivity contribution >= 4 is 31.9 Å². The molecular weight excluding hydrogens is 338 g/mol. The van der Waals surface area contributed by atoms with E-state index in [0.29, 0.717) is 0 Å². The number of nitrogens with zero attached hydrogens (tertiary/aromatic N) is 2. The molecule has 16 heavy (non-hydrogen) atoms. The Morgan fingerprint density at radius 2 is 2.12 bits per heavy atom. The summed E-state index contributed by atoms with van der Waals surface area (Å²) in [6, 6.07) is 2.00. The highest BCUT2D eigenvalue weighted by Crippen LogP contribution is 2.19. The lowest BCUT2D eigenvalue weighted by Gasteiger charge is -2.27. The highest BCUT2D eigenvalue weighted by Gasteiger charge is 2.10. The molecule has 0 aliphatic carbocycles. The van der Waals surface area contributed by atoms with Crippen LogP contribution in [-0.2, 0) is 11.3 Å². The number of halogens is 2. The van der Waals surface area contributed by atoms with E-state index in [9.17, 15) is 0 Å². The quantitative estimate of drug-likeness (QED) is 0.904. The first-order valence-corrected chi connectivity index (χ1v) is 6.70. The molecule has 0 amide bonds. The van der Waals surface area contributed by atoms with Gasteiger partial charge in [0.05, 0.1) is 25.5 Å². The van der Waals surface area contributed by atoms with Gasteiger partial charge in [0.25, 0.3) is 0 Å². The Kier molecular flexibility index (Phi) is 4.72. The summed E-state index contributed by atoms with van der Waals surface area (Å²) < 4.78 is 7.28. The maximum atomic E-state index is 5.28. The number of hydrogen-bond donors (Lipinski definition) is 1. The molecule has 88 valence electrons. The van der Waals surface area contributed by atoms with Crippen LogP contribution in [-0.4, -0.2) is 36.3 Å². The summed E-state index contributed by atoms with van der Waals surface area (Å²) in [6.45, 7) is 4.17. The Bertz CT molecular complexity index is 356. The topological polar surface area (TPSA) is 37.4 Å². The summed E-state index contributed by atoms with van der Waals surface area (Å²) in [5.74, 6) is 0. The van der Waals surface area contributed by atoms with Gasteiger partial charge in [0.1, 0.15) is 0 Å². The molecule has 1 aromatic heterocycles. The third-order valence-electron chi connectivity index (χ3n) is 2.37. The maximum Gasteiger partial charge on any atom is 0.0698 e. The highest BCUT2D eigenvalue weighted by molar-refractivity contribution is 9.11. The molecular formula is C10H13Br2N3O. The van der Waals surface area contributed by atoms with E-state index in [2.05, 4.69) is 47.3 Å². The van der Waals surface area contributed by atoms with Gasteiger partial charge in [0, 0.05) is 28.2 Å². The molecule has 1 saturated heterocycles. The Hall–Kier alpha value is -0.0100. The zero-order valence-corrected chi connectivity index (χ0v) is 11.9. The first-order chi connectivity index (χ1) is 7.75. The van der Waals surface area contributed by atoms with E-state index in [0.717, 1.165) is 47.5 Å². The summed E-state index contributed by atoms with van der Waals surface area (Å²) in [5, 5.41) is 2.17. The van der Waals surface area contributed by atoms with Gasteiger partial charge in [0.15, 0.2) is 0 Å². The number of morpholine rings is 1. The van der Waals surface area contributed by atoms with E-state index in [4.69, 9.17) is 4.74 Å². The zero-order valence-electron chi connectivity index (χ0n) is 8.75. The van der Waals surface area contributed by atoms with Gasteiger partial charge < -0.3 is 4.74 Å². The first kappa shape index (κ1) is 12.4. The fourth-order valence-corrected chi connectivity index (χ4v) is 2.61. The Morgan fingerprint density at radius 3 is 2.81 bits per heavy atom. The van der Waals surface area contributed by atoms with E-state index in [1.54, 1.807) is 6.20 Å². The van der Waals surface area contributed by atoms with Gasteiger partial charge in [-0.05, 0) is 37.9 Å². The summed E-state index contributed by atoms with van der Waals surface area (Å²) in [6.07, 6.45) is 1.81. The first-order valence-electron chi connectivity index (χ1n) is 5.12. The highest BCUT2D eigenvalue weighted by atomic mass is 79.9. The van der Waals surface area contributed by atoms with Crippen LogP contribution in [0.5, 0.6) is 0 Å². The second kappa shape index (κ2) is 6.07. The third-order valence-corrected chi connectivity index (χ3v) is 3.49. The molecule has 2 heterocycles. The second-order valence-corrected chi connectivity index (χ2v) is 5.29. The molecule has 1 fully saturated rings. The average molecular weight is 351 g/mol. The zero-order chi connectivity index (χ0) is 11.4. The van der Waals surface area contributed by atoms with Crippen molar-refractivity contribution in [1.29, 1.82) is 0 Å². The smallest absolute Gasteiger partial charge is 0.0698 e. The van der Waals surface area contributed by atoms with Crippen molar-refractivity contribution < 1.29 is 4.74 Å². The molecule has 0 bridgehead atoms. The number of pyridine rings is 1. The van der Waals surface area contributed by atoms with Crippen LogP contribution < -0.4 is 5.43 Å². The van der Waals surface area contributed by atoms with Crippen molar-refractivity contribution in [2.45, 2.75) is 6.54 Å². The normalized spacial score (nSPS) is 17.6. The van der Waals surface area contributed by atoms with Gasteiger partial charge >= 0.3 is 0 Å². The van der Waals surface area contributed by atoms with E-state index >= 15 is 0 Å². The van der Waals surface area contributed by atoms with Gasteiger partial charge in [-0.25, -0.2) is 10.4 Å². The fourth-order valence-electron chi connectivity index (χ4n) is 1.48. The van der Waals surface area contributed by atoms with Gasteiger partial charge in [-0.2, -0.15) is 0 Å². The van der Waals surface area contributed by atoms with Gasteiger partial charge in [0.2, 0.25) is 0 Å². The molecule has 4 nitrogen and oxygen atoms in total. The molecule has 1 aliphatic rings. The molecule has 1 aliphatic heterocycles. The van der Waals surface area contributed by atoms with E-state index in [-0.39, 0.29) is 0 Å². The monoisotopic (exact) mass is 349 g/mol. The minimum atomic E-state index is 0.730. The van der Waals surface area contributed by atoms with Crippen molar-refractivity contribution in [3.05, 3.63) is 26.9 Å². The number of hydrogen-bond acceptors (Lipinski definition) is 4. The van der Waals surface area contributed by atoms with Crippen LogP contribution >= 0.6 is 31.9 Å². The molecule has 0 atom stereocenters. The Balaban J connectivity index is 1.88. The molecule has 1 aromatic rings. The Morgan fingerprint density at radius 1 is 1.38 bits per heavy atom. The van der Waals surface area contributed by atoms with Crippen molar-refractivity contribution in [1.82, 2.24) is 15.4 Å². The second-order valence-electron chi connectivity index (χ2n) is 3.52. The standard InChI is InChI=1S/C10H13Br2N3O/c11-8-5-9(12)10(13-6-8)7-14-15-1-3-16-4-2-15/h5-6,14H,1-4,7H2. The minimum Gasteiger partial charge on any atom is -0.379 e. The van der Waals surface area contributed by atoms with Crippen molar-refractivity contribution in [3.8, 4) is 0 Å². The number of ether oxygens (including phenoxy) is 1. The summed E-state index contributed by atoms with van der Waals surface area (Å²) >= 11 is 6.88. The molecule has 0 spiro atoms. The SMILES string of the molecule is Brc1cnc(CNN2CCOCC2)c(Br)c1. The molecule has 2 rings (SSSR count). The largest absolute Gasteiger partial charge is 0.379 e. The number of rotatable bonds is 3. The minimum absolute atomic E-state index is 0.730. The molecule has 0 radical (unpaired) electrons. The molecule has 6 heteroatoms. The molecule has 0 saturated carbocycles. The van der Waals surface area contributed by atoms with Crippen LogP contribution in [0.2, 0.25) is 0 Å². The van der Waals surface area contributed by atoms with E-state index in [1.165, 1.54) is 0 Å². The van der Waals surface area contributed by atoms with Gasteiger partial charge in [-0.1, -0.05) is 0 Å². The summed E-state index contributed by atoms with van der Waals surface area (Å²) in [5.41, 5.74) is 4.35. The van der Waals surface area contributed by atoms with Crippen LogP contribution in [0.4, 0.5) is 0 Å². The lowest BCUT2D eigenvalue weighted by Crippen LogP contribution is -2.45. The third kappa shape index (κ3) is 3.49. The molecule has 0 aromatic carbocycles. The Labute approximate surface area is 112 Å². The predicted molar refractivity (Wildman–Crippen MR) is 68.9 cm³/mol. The average Bonchev–Trinajstić information content (AvgIpc) is 2.29. The fraction of sp³-hybridized carbons (Fsp3) is 0.500. The van der Waals surface area contributed by atoms with E-state index in [1.807, 2.05) is 6.07 Å². The number of nitrogens with one attached hydrogen (secondary N) is 1. The number of hydrazine groups is 1. The summed E-state index contributed by atoms with van der Waals surface area (Å²) in [7, 11) is 0. The molecule has 0 unspecified atom stereocenters. The van der Waals surface area contributed by atoms with Crippen LogP contribution in [0, 0.1) is 0 Å². The van der Waals surface area contributed by atoms with Gasteiger partial charge in [-0.15, -0.1) is 0 Å². The summed E-state index contributed by atoms with van der Waals surface area (Å²) in [4.78, 5) is 4.35. The van der Waals surface area contributed by atoms with Crippen molar-refractivity contribution in [2.75, 3.05) is 26.3 Å². The van der Waals surface area contributed by atoms with Crippen molar-refractivity contribution in [2.24, 2.45) is 0 Å². The maximum absolute atomic E-state index is 5.28. The molecule has 1 N–H and O–H groups in total. The predicted octanol–water partition coefficient (Wildman–Crippen LogP) is 1.94. The van der Waals surface area contributed by atoms with Crippen molar-refractivity contribution in [3.63, 3.8) is 0 Å². The van der Waals surface area contributed by atoms with Crippen LogP contribution in [0.15, 0.2) is 21.2 Å². The van der Waals surface area contributed by atoms with Crippen LogP contribution in [0.1, 0.15) is 5.69 Å². The number of aromatic nitrogens is 1. The van der Waals surface area contributed by atoms with E-state index < -0.39 is 0 Å². The van der Waals surface area contributed by atoms with Crippen LogP contribution in [0.3, 0.4) is 0 Å². The lowest BCUT2D eigenvalue weighted by molar-refractivity contribution is 0.0103. The lowest BCUT2D eigenvalue weighted by atomic mass is 10.3.